The van der Waals surface area contributed by atoms with Gasteiger partial charge in [-0.15, -0.1) is 0 Å². The molecule has 5 heteroatoms. The summed E-state index contributed by atoms with van der Waals surface area (Å²) in [6.45, 7) is 1.83. The van der Waals surface area contributed by atoms with E-state index in [9.17, 15) is 4.79 Å². The summed E-state index contributed by atoms with van der Waals surface area (Å²) >= 11 is 0. The van der Waals surface area contributed by atoms with Crippen molar-refractivity contribution in [3.05, 3.63) is 47.8 Å². The highest BCUT2D eigenvalue weighted by Gasteiger charge is 2.13. The average molecular weight is 270 g/mol. The minimum atomic E-state index is -0.189. The van der Waals surface area contributed by atoms with Gasteiger partial charge in [0.15, 0.2) is 0 Å². The van der Waals surface area contributed by atoms with Crippen molar-refractivity contribution >= 4 is 23.0 Å². The molecule has 1 amide bonds. The minimum Gasteiger partial charge on any atom is -0.398 e. The summed E-state index contributed by atoms with van der Waals surface area (Å²) in [6.07, 6.45) is 3.33. The second-order valence-corrected chi connectivity index (χ2v) is 4.76. The largest absolute Gasteiger partial charge is 0.398 e. The van der Waals surface area contributed by atoms with E-state index in [0.29, 0.717) is 16.9 Å². The van der Waals surface area contributed by atoms with Gasteiger partial charge in [0.25, 0.3) is 5.91 Å². The van der Waals surface area contributed by atoms with Crippen molar-refractivity contribution in [2.75, 3.05) is 30.0 Å². The van der Waals surface area contributed by atoms with E-state index in [2.05, 4.69) is 10.3 Å². The maximum Gasteiger partial charge on any atom is 0.256 e. The van der Waals surface area contributed by atoms with Crippen molar-refractivity contribution in [1.29, 1.82) is 0 Å². The zero-order valence-electron chi connectivity index (χ0n) is 11.8. The van der Waals surface area contributed by atoms with Crippen molar-refractivity contribution in [2.24, 2.45) is 0 Å². The quantitative estimate of drug-likeness (QED) is 0.839. The van der Waals surface area contributed by atoms with Crippen LogP contribution >= 0.6 is 0 Å². The maximum atomic E-state index is 12.3. The van der Waals surface area contributed by atoms with Crippen LogP contribution in [-0.4, -0.2) is 25.0 Å². The van der Waals surface area contributed by atoms with Crippen LogP contribution in [0, 0.1) is 6.92 Å². The van der Waals surface area contributed by atoms with E-state index in [1.807, 2.05) is 32.0 Å². The molecule has 20 heavy (non-hydrogen) atoms. The summed E-state index contributed by atoms with van der Waals surface area (Å²) < 4.78 is 0. The number of benzene rings is 1. The number of rotatable bonds is 3. The lowest BCUT2D eigenvalue weighted by molar-refractivity contribution is 0.102. The van der Waals surface area contributed by atoms with Gasteiger partial charge in [0.1, 0.15) is 0 Å². The molecular formula is C15H18N4O. The number of pyridine rings is 1. The summed E-state index contributed by atoms with van der Waals surface area (Å²) in [7, 11) is 3.83. The molecule has 1 aromatic carbocycles. The van der Waals surface area contributed by atoms with Gasteiger partial charge in [0, 0.05) is 31.5 Å². The number of nitrogen functional groups attached to an aromatic ring is 1. The first-order chi connectivity index (χ1) is 9.50. The number of nitrogens with zero attached hydrogens (tertiary/aromatic N) is 2. The molecular weight excluding hydrogens is 252 g/mol. The molecule has 2 aromatic rings. The molecule has 0 fully saturated rings. The first-order valence-corrected chi connectivity index (χ1v) is 6.28. The van der Waals surface area contributed by atoms with Crippen LogP contribution < -0.4 is 16.0 Å². The van der Waals surface area contributed by atoms with Gasteiger partial charge in [0.05, 0.1) is 17.6 Å². The normalized spacial score (nSPS) is 10.2. The minimum absolute atomic E-state index is 0.189. The van der Waals surface area contributed by atoms with E-state index < -0.39 is 0 Å². The molecule has 0 aliphatic rings. The Balaban J connectivity index is 2.31. The zero-order chi connectivity index (χ0) is 14.7. The molecule has 0 bridgehead atoms. The van der Waals surface area contributed by atoms with E-state index in [0.717, 1.165) is 11.3 Å². The Bertz CT molecular complexity index is 638. The number of anilines is 3. The second-order valence-electron chi connectivity index (χ2n) is 4.76. The van der Waals surface area contributed by atoms with Gasteiger partial charge in [-0.3, -0.25) is 9.78 Å². The molecule has 0 spiro atoms. The van der Waals surface area contributed by atoms with E-state index in [1.54, 1.807) is 30.6 Å². The van der Waals surface area contributed by atoms with Crippen molar-refractivity contribution in [3.63, 3.8) is 0 Å². The summed E-state index contributed by atoms with van der Waals surface area (Å²) in [5, 5.41) is 2.88. The van der Waals surface area contributed by atoms with Gasteiger partial charge in [-0.2, -0.15) is 0 Å². The Hall–Kier alpha value is -2.56. The van der Waals surface area contributed by atoms with Crippen LogP contribution in [0.1, 0.15) is 15.9 Å². The summed E-state index contributed by atoms with van der Waals surface area (Å²) in [5.41, 5.74) is 9.35. The van der Waals surface area contributed by atoms with E-state index >= 15 is 0 Å². The monoisotopic (exact) mass is 270 g/mol. The van der Waals surface area contributed by atoms with Gasteiger partial charge in [0.2, 0.25) is 0 Å². The number of nitrogens with two attached hydrogens (primary N) is 1. The summed E-state index contributed by atoms with van der Waals surface area (Å²) in [4.78, 5) is 18.3. The Kier molecular flexibility index (Phi) is 3.89. The number of carbonyl (C=O) groups is 1. The number of amides is 1. The van der Waals surface area contributed by atoms with Crippen molar-refractivity contribution < 1.29 is 4.79 Å². The van der Waals surface area contributed by atoms with Gasteiger partial charge >= 0.3 is 0 Å². The third kappa shape index (κ3) is 2.71. The molecule has 0 saturated heterocycles. The van der Waals surface area contributed by atoms with Crippen LogP contribution in [0.15, 0.2) is 36.7 Å². The fourth-order valence-electron chi connectivity index (χ4n) is 1.96. The second kappa shape index (κ2) is 5.61. The van der Waals surface area contributed by atoms with Crippen LogP contribution in [-0.2, 0) is 0 Å². The molecule has 104 valence electrons. The number of hydrogen-bond donors (Lipinski definition) is 2. The Labute approximate surface area is 118 Å². The molecule has 5 nitrogen and oxygen atoms in total. The number of aromatic nitrogens is 1. The predicted octanol–water partition coefficient (Wildman–Crippen LogP) is 2.29. The van der Waals surface area contributed by atoms with Crippen LogP contribution in [0.2, 0.25) is 0 Å². The molecule has 0 saturated carbocycles. The van der Waals surface area contributed by atoms with Crippen molar-refractivity contribution in [3.8, 4) is 0 Å². The van der Waals surface area contributed by atoms with Crippen LogP contribution in [0.4, 0.5) is 17.1 Å². The molecule has 0 radical (unpaired) electrons. The molecule has 0 aliphatic carbocycles. The highest BCUT2D eigenvalue weighted by atomic mass is 16.1. The lowest BCUT2D eigenvalue weighted by atomic mass is 10.1. The van der Waals surface area contributed by atoms with Crippen molar-refractivity contribution in [2.45, 2.75) is 6.92 Å². The standard InChI is InChI=1S/C15H18N4O/c1-10-11(5-4-6-12(10)16)15(20)18-13-9-17-8-7-14(13)19(2)3/h4-9H,16H2,1-3H3,(H,18,20). The van der Waals surface area contributed by atoms with Crippen LogP contribution in [0.25, 0.3) is 0 Å². The lowest BCUT2D eigenvalue weighted by Crippen LogP contribution is -2.18. The maximum absolute atomic E-state index is 12.3. The Morgan fingerprint density at radius 2 is 2.05 bits per heavy atom. The van der Waals surface area contributed by atoms with Gasteiger partial charge < -0.3 is 16.0 Å². The van der Waals surface area contributed by atoms with Crippen LogP contribution in [0.5, 0.6) is 0 Å². The highest BCUT2D eigenvalue weighted by molar-refractivity contribution is 6.07. The predicted molar refractivity (Wildman–Crippen MR) is 82.1 cm³/mol. The first-order valence-electron chi connectivity index (χ1n) is 6.28. The third-order valence-electron chi connectivity index (χ3n) is 3.15. The van der Waals surface area contributed by atoms with E-state index in [-0.39, 0.29) is 5.91 Å². The summed E-state index contributed by atoms with van der Waals surface area (Å²) in [5.74, 6) is -0.189. The Morgan fingerprint density at radius 3 is 2.75 bits per heavy atom. The van der Waals surface area contributed by atoms with Gasteiger partial charge in [-0.1, -0.05) is 6.07 Å². The molecule has 1 aromatic heterocycles. The Morgan fingerprint density at radius 1 is 1.30 bits per heavy atom. The average Bonchev–Trinajstić information content (AvgIpc) is 2.42. The first kappa shape index (κ1) is 13.9. The lowest BCUT2D eigenvalue weighted by Gasteiger charge is -2.17. The summed E-state index contributed by atoms with van der Waals surface area (Å²) in [6, 6.07) is 7.16. The smallest absolute Gasteiger partial charge is 0.256 e. The topological polar surface area (TPSA) is 71.2 Å². The fourth-order valence-corrected chi connectivity index (χ4v) is 1.96. The molecule has 0 unspecified atom stereocenters. The van der Waals surface area contributed by atoms with Crippen molar-refractivity contribution in [1.82, 2.24) is 4.98 Å². The molecule has 1 heterocycles. The zero-order valence-corrected chi connectivity index (χ0v) is 11.8. The van der Waals surface area contributed by atoms with Gasteiger partial charge in [-0.05, 0) is 30.7 Å². The highest BCUT2D eigenvalue weighted by Crippen LogP contribution is 2.24. The number of carbonyl (C=O) groups excluding carboxylic acids is 1. The van der Waals surface area contributed by atoms with E-state index in [4.69, 9.17) is 5.73 Å². The number of nitrogens with one attached hydrogen (secondary N) is 1. The number of hydrogen-bond acceptors (Lipinski definition) is 4. The van der Waals surface area contributed by atoms with Crippen LogP contribution in [0.3, 0.4) is 0 Å². The van der Waals surface area contributed by atoms with Gasteiger partial charge in [-0.25, -0.2) is 0 Å². The molecule has 0 aliphatic heterocycles. The molecule has 0 atom stereocenters. The molecule has 2 rings (SSSR count). The van der Waals surface area contributed by atoms with E-state index in [1.165, 1.54) is 0 Å². The SMILES string of the molecule is Cc1c(N)cccc1C(=O)Nc1cnccc1N(C)C. The fraction of sp³-hybridized carbons (Fsp3) is 0.200. The third-order valence-corrected chi connectivity index (χ3v) is 3.15. The molecule has 3 N–H and O–H groups in total.